The van der Waals surface area contributed by atoms with Gasteiger partial charge < -0.3 is 59.4 Å². The van der Waals surface area contributed by atoms with Crippen molar-refractivity contribution in [3.8, 4) is 0 Å². The van der Waals surface area contributed by atoms with E-state index >= 15 is 0 Å². The van der Waals surface area contributed by atoms with Gasteiger partial charge in [-0.05, 0) is 138 Å². The van der Waals surface area contributed by atoms with Crippen LogP contribution in [0.4, 0.5) is 0 Å². The third kappa shape index (κ3) is 48.9. The Morgan fingerprint density at radius 3 is 0.579 bits per heavy atom. The molecule has 0 spiro atoms. The normalized spacial score (nSPS) is 11.1. The minimum Gasteiger partial charge on any atom is -0.847 e. The molecule has 0 unspecified atom stereocenters. The van der Waals surface area contributed by atoms with Crippen molar-refractivity contribution in [2.24, 2.45) is 0 Å². The molecule has 38 heavy (non-hydrogen) atoms. The molecule has 0 atom stereocenters. The number of carbonyl (C=O) groups is 2. The summed E-state index contributed by atoms with van der Waals surface area (Å²) in [5, 5.41) is 42.6. The number of aliphatic carboxylic acids is 2. The maximum Gasteiger partial charge on any atom is 2.00 e. The molecule has 0 rings (SSSR count). The van der Waals surface area contributed by atoms with E-state index in [1.165, 1.54) is 0 Å². The minimum absolute atomic E-state index is 0. The summed E-state index contributed by atoms with van der Waals surface area (Å²) in [7, 11) is 23.3. The molecular formula is C24H54N6O6Zn2. The van der Waals surface area contributed by atoms with Crippen LogP contribution in [0.1, 0.15) is 13.8 Å². The predicted octanol–water partition coefficient (Wildman–Crippen LogP) is -4.95. The van der Waals surface area contributed by atoms with Crippen LogP contribution >= 0.6 is 0 Å². The van der Waals surface area contributed by atoms with Gasteiger partial charge in [0.25, 0.3) is 0 Å². The van der Waals surface area contributed by atoms with E-state index in [0.29, 0.717) is 39.3 Å². The van der Waals surface area contributed by atoms with Crippen LogP contribution < -0.4 is 20.4 Å². The van der Waals surface area contributed by atoms with E-state index in [4.69, 9.17) is 19.8 Å². The summed E-state index contributed by atoms with van der Waals surface area (Å²) < 4.78 is 0. The topological polar surface area (TPSA) is 146 Å². The maximum atomic E-state index is 12.4. The Balaban J connectivity index is -0.000000101. The average molecular weight is 654 g/mol. The van der Waals surface area contributed by atoms with Crippen LogP contribution in [0.2, 0.25) is 0 Å². The third-order valence-corrected chi connectivity index (χ3v) is 3.63. The summed E-state index contributed by atoms with van der Waals surface area (Å²) >= 11 is 0. The van der Waals surface area contributed by atoms with Gasteiger partial charge in [0.1, 0.15) is 0 Å². The van der Waals surface area contributed by atoms with Crippen molar-refractivity contribution >= 4 is 11.9 Å². The molecule has 0 aromatic heterocycles. The average Bonchev–Trinajstić information content (AvgIpc) is 2.47. The maximum absolute atomic E-state index is 12.4. The first-order valence-corrected chi connectivity index (χ1v) is 11.6. The van der Waals surface area contributed by atoms with Crippen LogP contribution in [0.25, 0.3) is 0 Å². The zero-order valence-electron chi connectivity index (χ0n) is 26.8. The van der Waals surface area contributed by atoms with Crippen molar-refractivity contribution in [3.05, 3.63) is 0 Å². The first-order valence-electron chi connectivity index (χ1n) is 11.6. The standard InChI is InChI=1S/2C10H24N3O.2C2H4O2.2Zn/c2*1-11(2)7-10(14,8-12(3)4)9-13(5)6;2*1-2(3)4;;/h2*7-9H2,1-6H3;2*1H3,(H,3,4);;/q2*-1;;;2*+2/p-2. The molecule has 12 nitrogen and oxygen atoms in total. The fraction of sp³-hybridized carbons (Fsp3) is 0.917. The molecule has 0 amide bonds. The van der Waals surface area contributed by atoms with Crippen LogP contribution in [-0.4, -0.2) is 176 Å². The van der Waals surface area contributed by atoms with Crippen molar-refractivity contribution in [2.75, 3.05) is 124 Å². The SMILES string of the molecule is CC(=O)[O-].CC(=O)[O-].CN(C)CC([O-])(CN(C)C)CN(C)C.CN(C)CC([O-])(CN(C)C)CN(C)C.[Zn+2].[Zn+2]. The number of carboxylic acids is 2. The Labute approximate surface area is 258 Å². The first kappa shape index (κ1) is 50.7. The van der Waals surface area contributed by atoms with Crippen LogP contribution in [-0.2, 0) is 48.5 Å². The van der Waals surface area contributed by atoms with Crippen LogP contribution in [0.5, 0.6) is 0 Å². The number of nitrogens with zero attached hydrogens (tertiary/aromatic N) is 6. The Kier molecular flexibility index (Phi) is 36.1. The van der Waals surface area contributed by atoms with Crippen molar-refractivity contribution < 1.29 is 69.0 Å². The summed E-state index contributed by atoms with van der Waals surface area (Å²) in [6.45, 7) is 5.38. The van der Waals surface area contributed by atoms with E-state index in [-0.39, 0.29) is 39.0 Å². The fourth-order valence-electron chi connectivity index (χ4n) is 3.76. The van der Waals surface area contributed by atoms with Crippen molar-refractivity contribution in [2.45, 2.75) is 25.0 Å². The molecule has 220 valence electrons. The summed E-state index contributed by atoms with van der Waals surface area (Å²) in [5.41, 5.74) is -1.81. The zero-order valence-corrected chi connectivity index (χ0v) is 32.7. The van der Waals surface area contributed by atoms with E-state index in [2.05, 4.69) is 0 Å². The van der Waals surface area contributed by atoms with Crippen LogP contribution in [0.3, 0.4) is 0 Å². The number of carboxylic acid groups (broad SMARTS) is 2. The summed E-state index contributed by atoms with van der Waals surface area (Å²) in [5.74, 6) is -2.17. The number of carbonyl (C=O) groups excluding carboxylic acids is 2. The van der Waals surface area contributed by atoms with Gasteiger partial charge in [0.15, 0.2) is 0 Å². The minimum atomic E-state index is -1.08. The molecule has 0 radical (unpaired) electrons. The van der Waals surface area contributed by atoms with Crippen LogP contribution in [0.15, 0.2) is 0 Å². The Hall–Kier alpha value is -0.133. The van der Waals surface area contributed by atoms with Gasteiger partial charge in [-0.25, -0.2) is 0 Å². The smallest absolute Gasteiger partial charge is 0.847 e. The zero-order chi connectivity index (χ0) is 29.9. The van der Waals surface area contributed by atoms with Crippen molar-refractivity contribution in [3.63, 3.8) is 0 Å². The molecule has 0 bridgehead atoms. The second-order valence-electron chi connectivity index (χ2n) is 10.8. The number of rotatable bonds is 12. The number of hydrogen-bond acceptors (Lipinski definition) is 12. The molecular weight excluding hydrogens is 599 g/mol. The Morgan fingerprint density at radius 2 is 0.526 bits per heavy atom. The van der Waals surface area contributed by atoms with Gasteiger partial charge in [0, 0.05) is 11.9 Å². The molecule has 0 aromatic carbocycles. The molecule has 0 aliphatic carbocycles. The van der Waals surface area contributed by atoms with Gasteiger partial charge >= 0.3 is 39.0 Å². The molecule has 0 aromatic rings. The summed E-state index contributed by atoms with van der Waals surface area (Å²) in [6.07, 6.45) is 0. The van der Waals surface area contributed by atoms with Gasteiger partial charge in [-0.3, -0.25) is 0 Å². The predicted molar refractivity (Wildman–Crippen MR) is 138 cm³/mol. The second-order valence-corrected chi connectivity index (χ2v) is 10.8. The van der Waals surface area contributed by atoms with E-state index in [1.54, 1.807) is 0 Å². The van der Waals surface area contributed by atoms with Gasteiger partial charge in [0.05, 0.1) is 0 Å². The molecule has 0 aliphatic heterocycles. The third-order valence-electron chi connectivity index (χ3n) is 3.63. The monoisotopic (exact) mass is 650 g/mol. The van der Waals surface area contributed by atoms with Crippen molar-refractivity contribution in [1.82, 2.24) is 29.4 Å². The molecule has 0 saturated carbocycles. The molecule has 0 N–H and O–H groups in total. The van der Waals surface area contributed by atoms with E-state index in [1.807, 2.05) is 114 Å². The number of likely N-dealkylation sites (N-methyl/N-ethyl adjacent to an activating group) is 6. The summed E-state index contributed by atoms with van der Waals surface area (Å²) in [4.78, 5) is 29.5. The van der Waals surface area contributed by atoms with E-state index in [0.717, 1.165) is 13.8 Å². The largest absolute Gasteiger partial charge is 2.00 e. The molecule has 14 heteroatoms. The van der Waals surface area contributed by atoms with Crippen LogP contribution in [0, 0.1) is 0 Å². The Morgan fingerprint density at radius 1 is 0.447 bits per heavy atom. The quantitative estimate of drug-likeness (QED) is 0.186. The molecule has 0 fully saturated rings. The van der Waals surface area contributed by atoms with E-state index < -0.39 is 23.1 Å². The second kappa shape index (κ2) is 27.1. The summed E-state index contributed by atoms with van der Waals surface area (Å²) in [6, 6.07) is 0. The number of hydrogen-bond donors (Lipinski definition) is 0. The van der Waals surface area contributed by atoms with Crippen molar-refractivity contribution in [1.29, 1.82) is 0 Å². The molecule has 0 saturated heterocycles. The first-order chi connectivity index (χ1) is 16.0. The van der Waals surface area contributed by atoms with Gasteiger partial charge in [-0.1, -0.05) is 11.2 Å². The van der Waals surface area contributed by atoms with E-state index in [9.17, 15) is 10.2 Å². The van der Waals surface area contributed by atoms with Gasteiger partial charge in [-0.2, -0.15) is 0 Å². The van der Waals surface area contributed by atoms with Gasteiger partial charge in [0.2, 0.25) is 0 Å². The Bertz CT molecular complexity index is 459. The van der Waals surface area contributed by atoms with Gasteiger partial charge in [-0.15, -0.1) is 0 Å². The fourth-order valence-corrected chi connectivity index (χ4v) is 3.76. The molecule has 0 heterocycles. The molecule has 0 aliphatic rings.